The van der Waals surface area contributed by atoms with Crippen molar-refractivity contribution in [3.63, 3.8) is 0 Å². The van der Waals surface area contributed by atoms with E-state index in [-0.39, 0.29) is 5.41 Å². The summed E-state index contributed by atoms with van der Waals surface area (Å²) < 4.78 is 30.2. The van der Waals surface area contributed by atoms with E-state index >= 15 is 0 Å². The number of nitrogens with two attached hydrogens (primary N) is 1. The molecule has 0 saturated heterocycles. The Morgan fingerprint density at radius 3 is 2.29 bits per heavy atom. The maximum atomic E-state index is 12.6. The van der Waals surface area contributed by atoms with Gasteiger partial charge in [0, 0.05) is 18.9 Å². The minimum Gasteiger partial charge on any atom is -0.487 e. The van der Waals surface area contributed by atoms with Crippen molar-refractivity contribution in [1.29, 1.82) is 0 Å². The van der Waals surface area contributed by atoms with Gasteiger partial charge in [-0.25, -0.2) is 8.78 Å². The maximum absolute atomic E-state index is 12.6. The van der Waals surface area contributed by atoms with Gasteiger partial charge in [-0.15, -0.1) is 0 Å². The van der Waals surface area contributed by atoms with Gasteiger partial charge in [-0.05, 0) is 30.5 Å². The van der Waals surface area contributed by atoms with E-state index in [2.05, 4.69) is 0 Å². The van der Waals surface area contributed by atoms with E-state index in [4.69, 9.17) is 10.5 Å². The monoisotopic (exact) mass is 241 g/mol. The van der Waals surface area contributed by atoms with Gasteiger partial charge in [-0.1, -0.05) is 12.1 Å². The van der Waals surface area contributed by atoms with Gasteiger partial charge in [0.05, 0.1) is 0 Å². The van der Waals surface area contributed by atoms with Gasteiger partial charge in [-0.3, -0.25) is 0 Å². The van der Waals surface area contributed by atoms with E-state index in [9.17, 15) is 8.78 Å². The Balaban J connectivity index is 1.99. The van der Waals surface area contributed by atoms with Crippen LogP contribution >= 0.6 is 0 Å². The van der Waals surface area contributed by atoms with Crippen LogP contribution in [-0.2, 0) is 5.41 Å². The molecule has 0 aromatic heterocycles. The Morgan fingerprint density at radius 1 is 1.29 bits per heavy atom. The molecule has 2 nitrogen and oxygen atoms in total. The highest BCUT2D eigenvalue weighted by atomic mass is 19.3. The highest BCUT2D eigenvalue weighted by Gasteiger charge is 2.42. The zero-order valence-electron chi connectivity index (χ0n) is 9.88. The molecule has 1 aliphatic rings. The van der Waals surface area contributed by atoms with Crippen LogP contribution in [0.3, 0.4) is 0 Å². The van der Waals surface area contributed by atoms with E-state index in [0.29, 0.717) is 12.3 Å². The first-order valence-corrected chi connectivity index (χ1v) is 5.76. The minimum absolute atomic E-state index is 0.132. The molecule has 2 N–H and O–H groups in total. The second-order valence-corrected chi connectivity index (χ2v) is 4.87. The second-order valence-electron chi connectivity index (χ2n) is 4.87. The van der Waals surface area contributed by atoms with Crippen molar-refractivity contribution in [2.45, 2.75) is 31.1 Å². The third kappa shape index (κ3) is 2.94. The van der Waals surface area contributed by atoms with E-state index in [1.54, 1.807) is 12.1 Å². The molecule has 4 heteroatoms. The number of ether oxygens (including phenoxy) is 1. The Hall–Kier alpha value is -1.16. The second kappa shape index (κ2) is 4.26. The first-order valence-electron chi connectivity index (χ1n) is 5.76. The molecule has 0 unspecified atom stereocenters. The summed E-state index contributed by atoms with van der Waals surface area (Å²) in [4.78, 5) is 0. The number of hydrogen-bond acceptors (Lipinski definition) is 2. The lowest BCUT2D eigenvalue weighted by Gasteiger charge is -2.15. The lowest BCUT2D eigenvalue weighted by Crippen LogP contribution is -2.21. The van der Waals surface area contributed by atoms with Crippen molar-refractivity contribution < 1.29 is 13.5 Å². The molecule has 1 aromatic rings. The number of rotatable bonds is 5. The van der Waals surface area contributed by atoms with E-state index in [1.807, 2.05) is 12.1 Å². The summed E-state index contributed by atoms with van der Waals surface area (Å²) in [5, 5.41) is 0. The van der Waals surface area contributed by atoms with Gasteiger partial charge in [0.2, 0.25) is 0 Å². The standard InChI is InChI=1S/C13H17F2NO/c1-12(14,15)9-17-11-4-2-10(3-5-11)13(8-16)6-7-13/h2-5H,6-9,16H2,1H3. The van der Waals surface area contributed by atoms with Crippen LogP contribution < -0.4 is 10.5 Å². The Kier molecular flexibility index (Phi) is 3.08. The zero-order valence-corrected chi connectivity index (χ0v) is 9.88. The van der Waals surface area contributed by atoms with Crippen LogP contribution in [0.5, 0.6) is 5.75 Å². The van der Waals surface area contributed by atoms with Crippen molar-refractivity contribution >= 4 is 0 Å². The molecule has 0 bridgehead atoms. The summed E-state index contributed by atoms with van der Waals surface area (Å²) >= 11 is 0. The first-order chi connectivity index (χ1) is 7.95. The first kappa shape index (κ1) is 12.3. The van der Waals surface area contributed by atoms with Gasteiger partial charge >= 0.3 is 0 Å². The summed E-state index contributed by atoms with van der Waals surface area (Å²) in [6.45, 7) is 0.892. The third-order valence-corrected chi connectivity index (χ3v) is 3.20. The van der Waals surface area contributed by atoms with E-state index in [0.717, 1.165) is 19.8 Å². The predicted molar refractivity (Wildman–Crippen MR) is 62.5 cm³/mol. The molecule has 0 heterocycles. The maximum Gasteiger partial charge on any atom is 0.278 e. The molecule has 94 valence electrons. The molecule has 17 heavy (non-hydrogen) atoms. The predicted octanol–water partition coefficient (Wildman–Crippen LogP) is 2.71. The normalized spacial score (nSPS) is 17.9. The summed E-state index contributed by atoms with van der Waals surface area (Å²) in [6, 6.07) is 7.31. The van der Waals surface area contributed by atoms with Gasteiger partial charge in [0.15, 0.2) is 6.61 Å². The molecule has 2 rings (SSSR count). The molecule has 0 radical (unpaired) electrons. The number of halogens is 2. The third-order valence-electron chi connectivity index (χ3n) is 3.20. The van der Waals surface area contributed by atoms with Crippen molar-refractivity contribution in [3.8, 4) is 5.75 Å². The van der Waals surface area contributed by atoms with Crippen LogP contribution in [0, 0.1) is 0 Å². The Labute approximate surface area is 99.8 Å². The molecule has 0 aliphatic heterocycles. The molecular formula is C13H17F2NO. The SMILES string of the molecule is CC(F)(F)COc1ccc(C2(CN)CC2)cc1. The Bertz CT molecular complexity index is 379. The van der Waals surface area contributed by atoms with Crippen LogP contribution in [-0.4, -0.2) is 19.1 Å². The van der Waals surface area contributed by atoms with Crippen LogP contribution in [0.15, 0.2) is 24.3 Å². The van der Waals surface area contributed by atoms with Gasteiger partial charge in [-0.2, -0.15) is 0 Å². The smallest absolute Gasteiger partial charge is 0.278 e. The van der Waals surface area contributed by atoms with Gasteiger partial charge in [0.25, 0.3) is 5.92 Å². The molecule has 1 aliphatic carbocycles. The van der Waals surface area contributed by atoms with Crippen LogP contribution in [0.1, 0.15) is 25.3 Å². The van der Waals surface area contributed by atoms with E-state index < -0.39 is 12.5 Å². The van der Waals surface area contributed by atoms with Crippen molar-refractivity contribution in [2.75, 3.05) is 13.2 Å². The highest BCUT2D eigenvalue weighted by molar-refractivity contribution is 5.36. The largest absolute Gasteiger partial charge is 0.487 e. The van der Waals surface area contributed by atoms with E-state index in [1.165, 1.54) is 5.56 Å². The van der Waals surface area contributed by atoms with Crippen molar-refractivity contribution in [1.82, 2.24) is 0 Å². The summed E-state index contributed by atoms with van der Waals surface area (Å²) in [5.74, 6) is -2.32. The topological polar surface area (TPSA) is 35.2 Å². The van der Waals surface area contributed by atoms with Crippen molar-refractivity contribution in [2.24, 2.45) is 5.73 Å². The molecular weight excluding hydrogens is 224 g/mol. The quantitative estimate of drug-likeness (QED) is 0.860. The van der Waals surface area contributed by atoms with Gasteiger partial charge < -0.3 is 10.5 Å². The minimum atomic E-state index is -2.80. The lowest BCUT2D eigenvalue weighted by atomic mass is 9.96. The average Bonchev–Trinajstić information content (AvgIpc) is 3.07. The summed E-state index contributed by atoms with van der Waals surface area (Å²) in [5.41, 5.74) is 7.03. The number of benzene rings is 1. The Morgan fingerprint density at radius 2 is 1.88 bits per heavy atom. The molecule has 1 saturated carbocycles. The molecule has 0 atom stereocenters. The lowest BCUT2D eigenvalue weighted by molar-refractivity contribution is -0.0229. The molecule has 1 aromatic carbocycles. The average molecular weight is 241 g/mol. The zero-order chi connectivity index (χ0) is 12.5. The molecule has 1 fully saturated rings. The fourth-order valence-corrected chi connectivity index (χ4v) is 1.88. The molecule has 0 spiro atoms. The van der Waals surface area contributed by atoms with Crippen LogP contribution in [0.4, 0.5) is 8.78 Å². The summed E-state index contributed by atoms with van der Waals surface area (Å²) in [6.07, 6.45) is 2.22. The van der Waals surface area contributed by atoms with Crippen molar-refractivity contribution in [3.05, 3.63) is 29.8 Å². The number of hydrogen-bond donors (Lipinski definition) is 1. The fraction of sp³-hybridized carbons (Fsp3) is 0.538. The fourth-order valence-electron chi connectivity index (χ4n) is 1.88. The van der Waals surface area contributed by atoms with Crippen LogP contribution in [0.25, 0.3) is 0 Å². The molecule has 0 amide bonds. The summed E-state index contributed by atoms with van der Waals surface area (Å²) in [7, 11) is 0. The highest BCUT2D eigenvalue weighted by Crippen LogP contribution is 2.47. The number of alkyl halides is 2. The van der Waals surface area contributed by atoms with Gasteiger partial charge in [0.1, 0.15) is 5.75 Å². The van der Waals surface area contributed by atoms with Crippen LogP contribution in [0.2, 0.25) is 0 Å².